The smallest absolute Gasteiger partial charge is 0.410 e. The third-order valence-corrected chi connectivity index (χ3v) is 4.22. The molecule has 0 aromatic heterocycles. The average Bonchev–Trinajstić information content (AvgIpc) is 3.08. The number of carbonyl (C=O) groups is 1. The normalized spacial score (nSPS) is 24.5. The number of hydrogen-bond donors (Lipinski definition) is 1. The van der Waals surface area contributed by atoms with Crippen LogP contribution in [0.2, 0.25) is 0 Å². The molecule has 0 atom stereocenters. The fourth-order valence-corrected chi connectivity index (χ4v) is 2.90. The molecule has 0 aromatic carbocycles. The van der Waals surface area contributed by atoms with E-state index in [0.717, 1.165) is 31.0 Å². The van der Waals surface area contributed by atoms with Crippen molar-refractivity contribution < 1.29 is 9.53 Å². The van der Waals surface area contributed by atoms with E-state index in [2.05, 4.69) is 5.32 Å². The van der Waals surface area contributed by atoms with Crippen LogP contribution in [-0.2, 0) is 4.74 Å². The van der Waals surface area contributed by atoms with Gasteiger partial charge in [0.2, 0.25) is 0 Å². The summed E-state index contributed by atoms with van der Waals surface area (Å²) in [6.07, 6.45) is 5.43. The van der Waals surface area contributed by atoms with Crippen molar-refractivity contribution in [2.45, 2.75) is 64.1 Å². The summed E-state index contributed by atoms with van der Waals surface area (Å²) >= 11 is 0. The van der Waals surface area contributed by atoms with Crippen LogP contribution in [0.4, 0.5) is 4.79 Å². The van der Waals surface area contributed by atoms with Crippen molar-refractivity contribution in [3.8, 4) is 0 Å². The van der Waals surface area contributed by atoms with Crippen LogP contribution in [0.5, 0.6) is 0 Å². The molecule has 19 heavy (non-hydrogen) atoms. The first-order valence-corrected chi connectivity index (χ1v) is 7.66. The molecule has 2 saturated carbocycles. The van der Waals surface area contributed by atoms with Crippen LogP contribution in [0, 0.1) is 11.8 Å². The van der Waals surface area contributed by atoms with E-state index in [4.69, 9.17) is 4.74 Å². The number of nitrogens with zero attached hydrogens (tertiary/aromatic N) is 1. The molecule has 0 radical (unpaired) electrons. The first kappa shape index (κ1) is 13.2. The van der Waals surface area contributed by atoms with Gasteiger partial charge in [0.25, 0.3) is 0 Å². The number of ether oxygens (including phenoxy) is 1. The lowest BCUT2D eigenvalue weighted by Crippen LogP contribution is -2.62. The van der Waals surface area contributed by atoms with Gasteiger partial charge >= 0.3 is 6.09 Å². The highest BCUT2D eigenvalue weighted by atomic mass is 16.6. The maximum Gasteiger partial charge on any atom is 0.410 e. The van der Waals surface area contributed by atoms with Gasteiger partial charge in [0.05, 0.1) is 0 Å². The van der Waals surface area contributed by atoms with Crippen LogP contribution >= 0.6 is 0 Å². The van der Waals surface area contributed by atoms with E-state index in [-0.39, 0.29) is 11.7 Å². The number of hydrogen-bond acceptors (Lipinski definition) is 3. The lowest BCUT2D eigenvalue weighted by atomic mass is 10.0. The van der Waals surface area contributed by atoms with Gasteiger partial charge in [-0.2, -0.15) is 0 Å². The SMILES string of the molecule is CC(C)(C)OC(=O)N1CC(NC(C2CC2)C2CC2)C1. The Hall–Kier alpha value is -0.770. The van der Waals surface area contributed by atoms with Crippen molar-refractivity contribution >= 4 is 6.09 Å². The van der Waals surface area contributed by atoms with Crippen molar-refractivity contribution in [3.63, 3.8) is 0 Å². The summed E-state index contributed by atoms with van der Waals surface area (Å²) in [7, 11) is 0. The minimum atomic E-state index is -0.389. The highest BCUT2D eigenvalue weighted by Crippen LogP contribution is 2.44. The van der Waals surface area contributed by atoms with Crippen LogP contribution in [0.15, 0.2) is 0 Å². The molecule has 0 bridgehead atoms. The van der Waals surface area contributed by atoms with E-state index in [1.165, 1.54) is 25.7 Å². The van der Waals surface area contributed by atoms with Crippen LogP contribution in [0.1, 0.15) is 46.5 Å². The van der Waals surface area contributed by atoms with Gasteiger partial charge in [0.15, 0.2) is 0 Å². The van der Waals surface area contributed by atoms with Crippen molar-refractivity contribution in [3.05, 3.63) is 0 Å². The summed E-state index contributed by atoms with van der Waals surface area (Å²) < 4.78 is 5.37. The third kappa shape index (κ3) is 3.41. The quantitative estimate of drug-likeness (QED) is 0.849. The number of likely N-dealkylation sites (tertiary alicyclic amines) is 1. The molecule has 3 aliphatic rings. The molecule has 1 N–H and O–H groups in total. The zero-order valence-electron chi connectivity index (χ0n) is 12.3. The van der Waals surface area contributed by atoms with Crippen molar-refractivity contribution in [2.24, 2.45) is 11.8 Å². The summed E-state index contributed by atoms with van der Waals surface area (Å²) in [5.74, 6) is 1.84. The topological polar surface area (TPSA) is 41.6 Å². The second kappa shape index (κ2) is 4.65. The fraction of sp³-hybridized carbons (Fsp3) is 0.933. The Morgan fingerprint density at radius 3 is 2.11 bits per heavy atom. The largest absolute Gasteiger partial charge is 0.444 e. The predicted octanol–water partition coefficient (Wildman–Crippen LogP) is 2.38. The zero-order valence-corrected chi connectivity index (χ0v) is 12.3. The van der Waals surface area contributed by atoms with Crippen molar-refractivity contribution in [1.82, 2.24) is 10.2 Å². The van der Waals surface area contributed by atoms with E-state index in [9.17, 15) is 4.79 Å². The maximum atomic E-state index is 11.8. The molecule has 0 aromatic rings. The highest BCUT2D eigenvalue weighted by molar-refractivity contribution is 5.69. The highest BCUT2D eigenvalue weighted by Gasteiger charge is 2.44. The van der Waals surface area contributed by atoms with E-state index >= 15 is 0 Å². The molecule has 2 aliphatic carbocycles. The molecule has 0 spiro atoms. The van der Waals surface area contributed by atoms with E-state index in [0.29, 0.717) is 6.04 Å². The lowest BCUT2D eigenvalue weighted by molar-refractivity contribution is 0.00355. The second-order valence-electron chi connectivity index (χ2n) is 7.45. The number of nitrogens with one attached hydrogen (secondary N) is 1. The molecule has 1 amide bonds. The Labute approximate surface area is 115 Å². The van der Waals surface area contributed by atoms with E-state index < -0.39 is 0 Å². The van der Waals surface area contributed by atoms with Gasteiger partial charge in [-0.1, -0.05) is 0 Å². The third-order valence-electron chi connectivity index (χ3n) is 4.22. The first-order valence-electron chi connectivity index (χ1n) is 7.66. The van der Waals surface area contributed by atoms with E-state index in [1.54, 1.807) is 4.90 Å². The standard InChI is InChI=1S/C15H26N2O2/c1-15(2,3)19-14(18)17-8-12(9-17)16-13(10-4-5-10)11-6-7-11/h10-13,16H,4-9H2,1-3H3. The molecule has 0 unspecified atom stereocenters. The van der Waals surface area contributed by atoms with Crippen molar-refractivity contribution in [1.29, 1.82) is 0 Å². The molecule has 3 rings (SSSR count). The number of amides is 1. The van der Waals surface area contributed by atoms with Gasteiger partial charge in [-0.3, -0.25) is 0 Å². The summed E-state index contributed by atoms with van der Waals surface area (Å²) in [5.41, 5.74) is -0.389. The zero-order chi connectivity index (χ0) is 13.6. The van der Waals surface area contributed by atoms with Gasteiger partial charge in [0, 0.05) is 25.2 Å². The van der Waals surface area contributed by atoms with Crippen LogP contribution in [0.25, 0.3) is 0 Å². The van der Waals surface area contributed by atoms with E-state index in [1.807, 2.05) is 20.8 Å². The number of rotatable bonds is 4. The average molecular weight is 266 g/mol. The lowest BCUT2D eigenvalue weighted by Gasteiger charge is -2.42. The van der Waals surface area contributed by atoms with Crippen molar-refractivity contribution in [2.75, 3.05) is 13.1 Å². The molecular formula is C15H26N2O2. The van der Waals surface area contributed by atoms with Crippen LogP contribution in [0.3, 0.4) is 0 Å². The molecule has 1 aliphatic heterocycles. The number of carbonyl (C=O) groups excluding carboxylic acids is 1. The predicted molar refractivity (Wildman–Crippen MR) is 74.0 cm³/mol. The molecule has 3 fully saturated rings. The summed E-state index contributed by atoms with van der Waals surface area (Å²) in [6, 6.07) is 1.21. The van der Waals surface area contributed by atoms with Gasteiger partial charge < -0.3 is 15.0 Å². The monoisotopic (exact) mass is 266 g/mol. The minimum absolute atomic E-state index is 0.167. The Kier molecular flexibility index (Phi) is 3.24. The minimum Gasteiger partial charge on any atom is -0.444 e. The maximum absolute atomic E-state index is 11.8. The molecule has 1 saturated heterocycles. The van der Waals surface area contributed by atoms with Gasteiger partial charge in [-0.25, -0.2) is 4.79 Å². The molecule has 1 heterocycles. The summed E-state index contributed by atoms with van der Waals surface area (Å²) in [6.45, 7) is 7.36. The van der Waals surface area contributed by atoms with Crippen LogP contribution in [-0.4, -0.2) is 41.8 Å². The van der Waals surface area contributed by atoms with Gasteiger partial charge in [-0.05, 0) is 58.3 Å². The van der Waals surface area contributed by atoms with Crippen LogP contribution < -0.4 is 5.32 Å². The Balaban J connectivity index is 1.41. The summed E-state index contributed by atoms with van der Waals surface area (Å²) in [5, 5.41) is 3.78. The Morgan fingerprint density at radius 2 is 1.68 bits per heavy atom. The Morgan fingerprint density at radius 1 is 1.16 bits per heavy atom. The molecular weight excluding hydrogens is 240 g/mol. The fourth-order valence-electron chi connectivity index (χ4n) is 2.90. The second-order valence-corrected chi connectivity index (χ2v) is 7.45. The Bertz CT molecular complexity index is 338. The molecule has 108 valence electrons. The van der Waals surface area contributed by atoms with Gasteiger partial charge in [0.1, 0.15) is 5.60 Å². The summed E-state index contributed by atoms with van der Waals surface area (Å²) in [4.78, 5) is 13.6. The molecule has 4 nitrogen and oxygen atoms in total. The van der Waals surface area contributed by atoms with Gasteiger partial charge in [-0.15, -0.1) is 0 Å². The first-order chi connectivity index (χ1) is 8.92. The molecule has 4 heteroatoms.